The van der Waals surface area contributed by atoms with Crippen LogP contribution in [0.25, 0.3) is 10.9 Å². The van der Waals surface area contributed by atoms with Crippen molar-refractivity contribution in [2.24, 2.45) is 17.8 Å². The molecule has 286 valence electrons. The predicted octanol–water partition coefficient (Wildman–Crippen LogP) is 4.84. The Morgan fingerprint density at radius 1 is 0.926 bits per heavy atom. The SMILES string of the molecule is CNC(=O)[C@@H](NC(=O)C1CN(C(=O)Cc2c[nH]c3cc(Cl)ccc23)CC2CN(C(=O)c3ccc(OC(C)C)c(OC)c3)CC21)[C@@H](C)OCc1ccccc1. The second-order valence-electron chi connectivity index (χ2n) is 14.4. The predicted molar refractivity (Wildman–Crippen MR) is 205 cm³/mol. The summed E-state index contributed by atoms with van der Waals surface area (Å²) in [4.78, 5) is 62.2. The van der Waals surface area contributed by atoms with E-state index in [9.17, 15) is 19.2 Å². The van der Waals surface area contributed by atoms with Gasteiger partial charge in [0.05, 0.1) is 38.3 Å². The molecule has 2 saturated heterocycles. The van der Waals surface area contributed by atoms with Crippen LogP contribution in [0.4, 0.5) is 0 Å². The fraction of sp³-hybridized carbons (Fsp3) is 0.415. The maximum absolute atomic E-state index is 14.4. The lowest BCUT2D eigenvalue weighted by Crippen LogP contribution is -2.58. The first-order chi connectivity index (χ1) is 25.9. The monoisotopic (exact) mass is 757 g/mol. The van der Waals surface area contributed by atoms with Crippen LogP contribution in [-0.4, -0.2) is 97.0 Å². The first-order valence-corrected chi connectivity index (χ1v) is 18.7. The van der Waals surface area contributed by atoms with Crippen molar-refractivity contribution in [3.8, 4) is 11.5 Å². The summed E-state index contributed by atoms with van der Waals surface area (Å²) in [6, 6.07) is 19.2. The molecule has 0 aliphatic carbocycles. The first-order valence-electron chi connectivity index (χ1n) is 18.3. The number of carbonyl (C=O) groups excluding carboxylic acids is 4. The fourth-order valence-electron chi connectivity index (χ4n) is 7.55. The van der Waals surface area contributed by atoms with Gasteiger partial charge in [-0.2, -0.15) is 0 Å². The molecule has 2 aliphatic heterocycles. The van der Waals surface area contributed by atoms with Crippen LogP contribution in [0.15, 0.2) is 72.9 Å². The zero-order valence-electron chi connectivity index (χ0n) is 31.3. The standard InChI is InChI=1S/C41H48ClN5O7/c1-24(2)54-35-14-11-27(15-36(35)52-5)41(51)47-20-29-19-46(37(48)16-28-18-44-34-17-30(42)12-13-31(28)34)22-33(32(29)21-47)39(49)45-38(40(50)43-4)25(3)53-23-26-9-7-6-8-10-26/h6-15,17-18,24-25,29,32-33,38,44H,16,19-23H2,1-5H3,(H,43,50)(H,45,49)/t25-,29?,32?,33?,38+/m1/s1. The van der Waals surface area contributed by atoms with Crippen LogP contribution >= 0.6 is 11.6 Å². The van der Waals surface area contributed by atoms with Crippen molar-refractivity contribution in [2.75, 3.05) is 40.3 Å². The van der Waals surface area contributed by atoms with Gasteiger partial charge in [-0.05, 0) is 74.1 Å². The number of likely N-dealkylation sites (N-methyl/N-ethyl adjacent to an activating group) is 1. The number of rotatable bonds is 13. The molecule has 3 unspecified atom stereocenters. The van der Waals surface area contributed by atoms with E-state index in [1.165, 1.54) is 14.2 Å². The Labute approximate surface area is 320 Å². The van der Waals surface area contributed by atoms with E-state index in [1.54, 1.807) is 41.0 Å². The number of nitrogens with zero attached hydrogens (tertiary/aromatic N) is 2. The summed E-state index contributed by atoms with van der Waals surface area (Å²) in [5.74, 6) is -1.27. The normalized spacial score (nSPS) is 19.3. The molecular weight excluding hydrogens is 710 g/mol. The van der Waals surface area contributed by atoms with E-state index in [4.69, 9.17) is 25.8 Å². The second-order valence-corrected chi connectivity index (χ2v) is 14.8. The van der Waals surface area contributed by atoms with E-state index in [0.717, 1.165) is 22.0 Å². The van der Waals surface area contributed by atoms with E-state index in [1.807, 2.05) is 62.5 Å². The number of aromatic amines is 1. The molecule has 0 radical (unpaired) electrons. The van der Waals surface area contributed by atoms with Crippen molar-refractivity contribution in [1.82, 2.24) is 25.4 Å². The Morgan fingerprint density at radius 2 is 1.69 bits per heavy atom. The number of benzene rings is 3. The summed E-state index contributed by atoms with van der Waals surface area (Å²) in [6.45, 7) is 7.01. The molecule has 13 heteroatoms. The molecule has 54 heavy (non-hydrogen) atoms. The Hall–Kier alpha value is -5.07. The molecule has 0 bridgehead atoms. The second kappa shape index (κ2) is 16.9. The molecular formula is C41H48ClN5O7. The highest BCUT2D eigenvalue weighted by atomic mass is 35.5. The largest absolute Gasteiger partial charge is 0.493 e. The molecule has 3 N–H and O–H groups in total. The van der Waals surface area contributed by atoms with Crippen molar-refractivity contribution in [3.63, 3.8) is 0 Å². The molecule has 4 amide bonds. The minimum Gasteiger partial charge on any atom is -0.493 e. The number of ether oxygens (including phenoxy) is 3. The number of fused-ring (bicyclic) bond motifs is 2. The zero-order valence-corrected chi connectivity index (χ0v) is 32.0. The number of hydrogen-bond donors (Lipinski definition) is 3. The fourth-order valence-corrected chi connectivity index (χ4v) is 7.72. The van der Waals surface area contributed by atoms with Crippen molar-refractivity contribution in [3.05, 3.63) is 94.6 Å². The maximum Gasteiger partial charge on any atom is 0.254 e. The van der Waals surface area contributed by atoms with E-state index in [-0.39, 0.29) is 55.2 Å². The van der Waals surface area contributed by atoms with E-state index in [2.05, 4.69) is 15.6 Å². The zero-order chi connectivity index (χ0) is 38.5. The third-order valence-electron chi connectivity index (χ3n) is 10.4. The van der Waals surface area contributed by atoms with Gasteiger partial charge in [0.1, 0.15) is 6.04 Å². The molecule has 1 aromatic heterocycles. The lowest BCUT2D eigenvalue weighted by Gasteiger charge is -2.40. The smallest absolute Gasteiger partial charge is 0.254 e. The van der Waals surface area contributed by atoms with Gasteiger partial charge in [0.25, 0.3) is 5.91 Å². The topological polar surface area (TPSA) is 142 Å². The summed E-state index contributed by atoms with van der Waals surface area (Å²) in [5.41, 5.74) is 3.01. The Bertz CT molecular complexity index is 1980. The van der Waals surface area contributed by atoms with E-state index in [0.29, 0.717) is 41.7 Å². The van der Waals surface area contributed by atoms with Crippen LogP contribution in [0.1, 0.15) is 42.3 Å². The molecule has 2 aliphatic rings. The average molecular weight is 758 g/mol. The number of H-pyrrole nitrogens is 1. The summed E-state index contributed by atoms with van der Waals surface area (Å²) < 4.78 is 17.5. The number of methoxy groups -OCH3 is 1. The van der Waals surface area contributed by atoms with Crippen LogP contribution in [-0.2, 0) is 32.1 Å². The summed E-state index contributed by atoms with van der Waals surface area (Å²) in [5, 5.41) is 7.10. The molecule has 2 fully saturated rings. The Balaban J connectivity index is 1.24. The molecule has 0 spiro atoms. The summed E-state index contributed by atoms with van der Waals surface area (Å²) in [7, 11) is 3.04. The molecule has 5 atom stereocenters. The van der Waals surface area contributed by atoms with Gasteiger partial charge in [-0.3, -0.25) is 19.2 Å². The maximum atomic E-state index is 14.4. The van der Waals surface area contributed by atoms with E-state index < -0.39 is 24.0 Å². The highest BCUT2D eigenvalue weighted by Gasteiger charge is 2.48. The van der Waals surface area contributed by atoms with Crippen LogP contribution in [0.5, 0.6) is 11.5 Å². The number of likely N-dealkylation sites (tertiary alicyclic amines) is 2. The number of amides is 4. The Kier molecular flexibility index (Phi) is 12.1. The Morgan fingerprint density at radius 3 is 2.41 bits per heavy atom. The van der Waals surface area contributed by atoms with Gasteiger partial charge in [-0.1, -0.05) is 48.0 Å². The van der Waals surface area contributed by atoms with Gasteiger partial charge >= 0.3 is 0 Å². The number of hydrogen-bond acceptors (Lipinski definition) is 7. The number of carbonyl (C=O) groups is 4. The van der Waals surface area contributed by atoms with Crippen molar-refractivity contribution in [2.45, 2.75) is 52.0 Å². The molecule has 0 saturated carbocycles. The number of aromatic nitrogens is 1. The highest BCUT2D eigenvalue weighted by molar-refractivity contribution is 6.31. The van der Waals surface area contributed by atoms with Gasteiger partial charge in [0.15, 0.2) is 11.5 Å². The van der Waals surface area contributed by atoms with Gasteiger partial charge in [-0.25, -0.2) is 0 Å². The minimum absolute atomic E-state index is 0.0771. The van der Waals surface area contributed by atoms with Crippen LogP contribution < -0.4 is 20.1 Å². The lowest BCUT2D eigenvalue weighted by molar-refractivity contribution is -0.141. The first kappa shape index (κ1) is 38.6. The minimum atomic E-state index is -0.994. The summed E-state index contributed by atoms with van der Waals surface area (Å²) in [6.07, 6.45) is 1.18. The van der Waals surface area contributed by atoms with Gasteiger partial charge in [0, 0.05) is 60.9 Å². The third kappa shape index (κ3) is 8.66. The van der Waals surface area contributed by atoms with Gasteiger partial charge in [-0.15, -0.1) is 0 Å². The number of piperidine rings is 1. The molecule has 3 aromatic carbocycles. The van der Waals surface area contributed by atoms with Gasteiger partial charge in [0.2, 0.25) is 17.7 Å². The average Bonchev–Trinajstić information content (AvgIpc) is 3.79. The molecule has 6 rings (SSSR count). The van der Waals surface area contributed by atoms with Crippen LogP contribution in [0, 0.1) is 17.8 Å². The number of nitrogens with one attached hydrogen (secondary N) is 3. The molecule has 12 nitrogen and oxygen atoms in total. The molecule has 4 aromatic rings. The third-order valence-corrected chi connectivity index (χ3v) is 10.6. The van der Waals surface area contributed by atoms with E-state index >= 15 is 0 Å². The summed E-state index contributed by atoms with van der Waals surface area (Å²) >= 11 is 6.19. The van der Waals surface area contributed by atoms with Crippen molar-refractivity contribution >= 4 is 46.1 Å². The van der Waals surface area contributed by atoms with Crippen LogP contribution in [0.3, 0.4) is 0 Å². The lowest BCUT2D eigenvalue weighted by atomic mass is 9.79. The number of halogens is 1. The van der Waals surface area contributed by atoms with Gasteiger partial charge < -0.3 is 39.6 Å². The molecule has 3 heterocycles. The highest BCUT2D eigenvalue weighted by Crippen LogP contribution is 2.38. The quantitative estimate of drug-likeness (QED) is 0.177. The van der Waals surface area contributed by atoms with Crippen molar-refractivity contribution < 1.29 is 33.4 Å². The van der Waals surface area contributed by atoms with Crippen LogP contribution in [0.2, 0.25) is 5.02 Å². The van der Waals surface area contributed by atoms with Crippen molar-refractivity contribution in [1.29, 1.82) is 0 Å².